The number of nitrogens with zero attached hydrogens (tertiary/aromatic N) is 5. The minimum Gasteiger partial charge on any atom is -0.394 e. The van der Waals surface area contributed by atoms with Gasteiger partial charge in [0.1, 0.15) is 23.2 Å². The van der Waals surface area contributed by atoms with Crippen LogP contribution in [-0.2, 0) is 11.4 Å². The van der Waals surface area contributed by atoms with Gasteiger partial charge >= 0.3 is 0 Å². The van der Waals surface area contributed by atoms with E-state index in [0.29, 0.717) is 33.5 Å². The number of aliphatic hydroxyl groups excluding tert-OH is 1. The molecule has 0 radical (unpaired) electrons. The first-order valence-corrected chi connectivity index (χ1v) is 13.2. The van der Waals surface area contributed by atoms with Crippen LogP contribution in [-0.4, -0.2) is 65.1 Å². The summed E-state index contributed by atoms with van der Waals surface area (Å²) in [4.78, 5) is 18.7. The van der Waals surface area contributed by atoms with E-state index in [4.69, 9.17) is 16.3 Å². The number of halogens is 2. The van der Waals surface area contributed by atoms with Crippen LogP contribution in [0.25, 0.3) is 0 Å². The molecule has 34 heavy (non-hydrogen) atoms. The zero-order valence-corrected chi connectivity index (χ0v) is 21.0. The summed E-state index contributed by atoms with van der Waals surface area (Å²) in [5, 5.41) is 10.8. The molecule has 0 saturated carbocycles. The molecule has 0 aromatic carbocycles. The van der Waals surface area contributed by atoms with Crippen molar-refractivity contribution in [3.8, 4) is 0 Å². The normalized spacial score (nSPS) is 24.4. The lowest BCUT2D eigenvalue weighted by atomic mass is 9.77. The Bertz CT molecular complexity index is 1020. The molecule has 3 aliphatic rings. The van der Waals surface area contributed by atoms with Gasteiger partial charge in [0, 0.05) is 30.7 Å². The van der Waals surface area contributed by atoms with Gasteiger partial charge in [-0.05, 0) is 50.5 Å². The third kappa shape index (κ3) is 4.72. The number of rotatable bonds is 6. The fourth-order valence-corrected chi connectivity index (χ4v) is 6.64. The lowest BCUT2D eigenvalue weighted by Crippen LogP contribution is -2.41. The van der Waals surface area contributed by atoms with Crippen molar-refractivity contribution in [1.82, 2.24) is 15.0 Å². The van der Waals surface area contributed by atoms with Gasteiger partial charge in [-0.3, -0.25) is 0 Å². The van der Waals surface area contributed by atoms with Gasteiger partial charge in [0.2, 0.25) is 0 Å². The Kier molecular flexibility index (Phi) is 7.16. The van der Waals surface area contributed by atoms with Crippen molar-refractivity contribution in [3.05, 3.63) is 29.2 Å². The van der Waals surface area contributed by atoms with Crippen LogP contribution in [0.15, 0.2) is 28.4 Å². The Morgan fingerprint density at radius 2 is 2.09 bits per heavy atom. The number of aliphatic hydroxyl groups is 1. The Labute approximate surface area is 209 Å². The summed E-state index contributed by atoms with van der Waals surface area (Å²) in [6.45, 7) is 4.86. The molecule has 2 aromatic heterocycles. The van der Waals surface area contributed by atoms with Crippen molar-refractivity contribution in [2.75, 3.05) is 42.6 Å². The summed E-state index contributed by atoms with van der Waals surface area (Å²) in [7, 11) is 0. The topological polar surface area (TPSA) is 74.6 Å². The third-order valence-corrected chi connectivity index (χ3v) is 8.81. The summed E-state index contributed by atoms with van der Waals surface area (Å²) < 4.78 is 19.8. The highest BCUT2D eigenvalue weighted by Crippen LogP contribution is 2.43. The zero-order chi connectivity index (χ0) is 23.7. The SMILES string of the molecule is C[C@H]1CC2(CCN(c3ncc(Sc4ccnc(N5CCCC5CO)c4Cl)nc3CF)CC2)CO1. The number of piperidine rings is 1. The molecular formula is C24H31ClFN5O2S. The van der Waals surface area contributed by atoms with Crippen LogP contribution in [0.2, 0.25) is 5.02 Å². The minimum atomic E-state index is -0.667. The molecule has 2 aromatic rings. The average Bonchev–Trinajstić information content (AvgIpc) is 3.47. The molecule has 3 saturated heterocycles. The van der Waals surface area contributed by atoms with Gasteiger partial charge < -0.3 is 19.6 Å². The maximum Gasteiger partial charge on any atom is 0.153 e. The van der Waals surface area contributed by atoms with Crippen molar-refractivity contribution in [1.29, 1.82) is 0 Å². The molecule has 1 spiro atoms. The molecule has 0 amide bonds. The fraction of sp³-hybridized carbons (Fsp3) is 0.625. The van der Waals surface area contributed by atoms with Crippen molar-refractivity contribution in [3.63, 3.8) is 0 Å². The van der Waals surface area contributed by atoms with Crippen molar-refractivity contribution >= 4 is 35.0 Å². The first-order chi connectivity index (χ1) is 16.5. The van der Waals surface area contributed by atoms with Gasteiger partial charge in [0.25, 0.3) is 0 Å². The molecular weight excluding hydrogens is 477 g/mol. The monoisotopic (exact) mass is 507 g/mol. The predicted molar refractivity (Wildman–Crippen MR) is 132 cm³/mol. The number of aromatic nitrogens is 3. The van der Waals surface area contributed by atoms with Crippen LogP contribution in [0, 0.1) is 5.41 Å². The second-order valence-electron chi connectivity index (χ2n) is 9.65. The highest BCUT2D eigenvalue weighted by molar-refractivity contribution is 7.99. The first-order valence-electron chi connectivity index (χ1n) is 12.0. The van der Waals surface area contributed by atoms with Crippen LogP contribution >= 0.6 is 23.4 Å². The van der Waals surface area contributed by atoms with Gasteiger partial charge in [-0.25, -0.2) is 19.3 Å². The van der Waals surface area contributed by atoms with E-state index >= 15 is 0 Å². The van der Waals surface area contributed by atoms with Crippen molar-refractivity contribution < 1.29 is 14.2 Å². The molecule has 3 fully saturated rings. The van der Waals surface area contributed by atoms with Crippen molar-refractivity contribution in [2.24, 2.45) is 5.41 Å². The molecule has 1 unspecified atom stereocenters. The summed E-state index contributed by atoms with van der Waals surface area (Å²) in [5.41, 5.74) is 0.622. The van der Waals surface area contributed by atoms with E-state index in [-0.39, 0.29) is 18.1 Å². The number of hydrogen-bond acceptors (Lipinski definition) is 8. The largest absolute Gasteiger partial charge is 0.394 e. The molecule has 5 heterocycles. The average molecular weight is 508 g/mol. The van der Waals surface area contributed by atoms with E-state index in [2.05, 4.69) is 31.7 Å². The predicted octanol–water partition coefficient (Wildman–Crippen LogP) is 4.50. The van der Waals surface area contributed by atoms with Gasteiger partial charge in [0.15, 0.2) is 5.82 Å². The second kappa shape index (κ2) is 10.1. The van der Waals surface area contributed by atoms with Gasteiger partial charge in [-0.1, -0.05) is 23.4 Å². The Hall–Kier alpha value is -1.68. The van der Waals surface area contributed by atoms with E-state index in [1.807, 2.05) is 6.07 Å². The Morgan fingerprint density at radius 1 is 1.26 bits per heavy atom. The summed E-state index contributed by atoms with van der Waals surface area (Å²) in [6.07, 6.45) is 8.81. The Morgan fingerprint density at radius 3 is 2.79 bits per heavy atom. The summed E-state index contributed by atoms with van der Waals surface area (Å²) in [5.74, 6) is 1.31. The minimum absolute atomic E-state index is 0.0325. The zero-order valence-electron chi connectivity index (χ0n) is 19.4. The van der Waals surface area contributed by atoms with Crippen LogP contribution in [0.1, 0.15) is 44.7 Å². The third-order valence-electron chi connectivity index (χ3n) is 7.36. The van der Waals surface area contributed by atoms with Gasteiger partial charge in [-0.2, -0.15) is 0 Å². The number of pyridine rings is 1. The van der Waals surface area contributed by atoms with Gasteiger partial charge in [-0.15, -0.1) is 0 Å². The van der Waals surface area contributed by atoms with Crippen molar-refractivity contribution in [2.45, 2.75) is 67.8 Å². The smallest absolute Gasteiger partial charge is 0.153 e. The van der Waals surface area contributed by atoms with E-state index in [1.165, 1.54) is 11.8 Å². The summed E-state index contributed by atoms with van der Waals surface area (Å²) in [6, 6.07) is 1.87. The van der Waals surface area contributed by atoms with E-state index in [1.54, 1.807) is 12.4 Å². The quantitative estimate of drug-likeness (QED) is 0.612. The standard InChI is InChI=1S/C24H31ClFN5O2S/c1-16-11-24(15-33-16)5-9-30(10-6-24)22-18(12-26)29-20(13-28-22)34-19-4-7-27-23(21(19)25)31-8-2-3-17(31)14-32/h4,7,13,16-17,32H,2-3,5-6,8-12,14-15H2,1H3/t16-,17?/m0/s1. The highest BCUT2D eigenvalue weighted by atomic mass is 35.5. The van der Waals surface area contributed by atoms with E-state index < -0.39 is 6.67 Å². The molecule has 0 bridgehead atoms. The van der Waals surface area contributed by atoms with Crippen LogP contribution in [0.4, 0.5) is 16.0 Å². The van der Waals surface area contributed by atoms with E-state index in [0.717, 1.165) is 63.2 Å². The van der Waals surface area contributed by atoms with Gasteiger partial charge in [0.05, 0.1) is 36.6 Å². The Balaban J connectivity index is 1.31. The molecule has 7 nitrogen and oxygen atoms in total. The molecule has 1 N–H and O–H groups in total. The first kappa shape index (κ1) is 24.0. The second-order valence-corrected chi connectivity index (χ2v) is 11.1. The lowest BCUT2D eigenvalue weighted by Gasteiger charge is -2.39. The fourth-order valence-electron chi connectivity index (χ4n) is 5.51. The van der Waals surface area contributed by atoms with Crippen LogP contribution in [0.5, 0.6) is 0 Å². The highest BCUT2D eigenvalue weighted by Gasteiger charge is 2.41. The number of alkyl halides is 1. The summed E-state index contributed by atoms with van der Waals surface area (Å²) >= 11 is 8.07. The van der Waals surface area contributed by atoms with E-state index in [9.17, 15) is 9.50 Å². The number of ether oxygens (including phenoxy) is 1. The molecule has 5 rings (SSSR count). The van der Waals surface area contributed by atoms with Crippen LogP contribution in [0.3, 0.4) is 0 Å². The lowest BCUT2D eigenvalue weighted by molar-refractivity contribution is 0.0975. The molecule has 3 aliphatic heterocycles. The number of anilines is 2. The number of hydrogen-bond donors (Lipinski definition) is 1. The molecule has 0 aliphatic carbocycles. The molecule has 10 heteroatoms. The maximum atomic E-state index is 14.0. The maximum absolute atomic E-state index is 14.0. The molecule has 2 atom stereocenters. The molecule has 184 valence electrons. The van der Waals surface area contributed by atoms with Crippen LogP contribution < -0.4 is 9.80 Å².